The van der Waals surface area contributed by atoms with E-state index >= 15 is 0 Å². The van der Waals surface area contributed by atoms with Gasteiger partial charge in [0, 0.05) is 13.3 Å². The summed E-state index contributed by atoms with van der Waals surface area (Å²) >= 11 is 0. The molecule has 0 aromatic carbocycles. The highest BCUT2D eigenvalue weighted by Crippen LogP contribution is 2.31. The van der Waals surface area contributed by atoms with Gasteiger partial charge in [-0.25, -0.2) is 0 Å². The second-order valence-electron chi connectivity index (χ2n) is 4.10. The molecule has 2 N–H and O–H groups in total. The average molecular weight is 181 g/mol. The molecule has 0 unspecified atom stereocenters. The topological polar surface area (TPSA) is 48.2 Å². The van der Waals surface area contributed by atoms with E-state index in [0.717, 1.165) is 25.2 Å². The molecule has 1 aliphatic heterocycles. The molecule has 0 aliphatic carbocycles. The molecule has 0 bridgehead atoms. The van der Waals surface area contributed by atoms with Crippen LogP contribution in [0.3, 0.4) is 0 Å². The van der Waals surface area contributed by atoms with Crippen LogP contribution in [0.5, 0.6) is 0 Å². The minimum Gasteiger partial charge on any atom is -0.317 e. The van der Waals surface area contributed by atoms with E-state index in [-0.39, 0.29) is 0 Å². The molecule has 0 saturated carbocycles. The van der Waals surface area contributed by atoms with E-state index in [1.165, 1.54) is 19.1 Å². The van der Waals surface area contributed by atoms with Gasteiger partial charge in [0.15, 0.2) is 0 Å². The molecule has 3 heteroatoms. The zero-order valence-electron chi connectivity index (χ0n) is 8.56. The second-order valence-corrected chi connectivity index (χ2v) is 4.10. The van der Waals surface area contributed by atoms with Crippen molar-refractivity contribution < 1.29 is 0 Å². The number of hydrogen-bond acceptors (Lipinski definition) is 3. The summed E-state index contributed by atoms with van der Waals surface area (Å²) in [6, 6.07) is 0. The Kier molecular flexibility index (Phi) is 3.60. The number of piperidine rings is 1. The smallest absolute Gasteiger partial charge is 0.0525 e. The Bertz CT molecular complexity index is 202. The van der Waals surface area contributed by atoms with Crippen LogP contribution in [-0.2, 0) is 0 Å². The number of nitrogens with zero attached hydrogens (tertiary/aromatic N) is 1. The zero-order chi connectivity index (χ0) is 9.73. The van der Waals surface area contributed by atoms with Crippen LogP contribution < -0.4 is 5.32 Å². The molecular weight excluding hydrogens is 162 g/mol. The van der Waals surface area contributed by atoms with Gasteiger partial charge < -0.3 is 10.7 Å². The van der Waals surface area contributed by atoms with Crippen molar-refractivity contribution in [2.24, 2.45) is 10.4 Å². The molecule has 1 rings (SSSR count). The molecule has 0 radical (unpaired) electrons. The predicted molar refractivity (Wildman–Crippen MR) is 57.0 cm³/mol. The van der Waals surface area contributed by atoms with Gasteiger partial charge in [-0.05, 0) is 37.8 Å². The number of nitrogens with one attached hydrogen (secondary N) is 2. The first-order valence-electron chi connectivity index (χ1n) is 4.87. The molecule has 1 saturated heterocycles. The van der Waals surface area contributed by atoms with Crippen molar-refractivity contribution in [1.29, 1.82) is 5.41 Å². The lowest BCUT2D eigenvalue weighted by Crippen LogP contribution is -2.36. The van der Waals surface area contributed by atoms with Gasteiger partial charge in [0.2, 0.25) is 0 Å². The number of rotatable bonds is 3. The Morgan fingerprint density at radius 3 is 2.62 bits per heavy atom. The van der Waals surface area contributed by atoms with Gasteiger partial charge in [0.1, 0.15) is 0 Å². The molecule has 3 nitrogen and oxygen atoms in total. The first-order chi connectivity index (χ1) is 6.20. The second kappa shape index (κ2) is 4.51. The van der Waals surface area contributed by atoms with Crippen LogP contribution >= 0.6 is 0 Å². The van der Waals surface area contributed by atoms with Crippen LogP contribution in [0, 0.1) is 10.8 Å². The van der Waals surface area contributed by atoms with Gasteiger partial charge in [-0.1, -0.05) is 6.92 Å². The Hall–Kier alpha value is -0.700. The molecule has 0 aromatic rings. The van der Waals surface area contributed by atoms with E-state index in [0.29, 0.717) is 5.41 Å². The monoisotopic (exact) mass is 181 g/mol. The van der Waals surface area contributed by atoms with Crippen LogP contribution in [0.1, 0.15) is 26.2 Å². The quantitative estimate of drug-likeness (QED) is 0.637. The van der Waals surface area contributed by atoms with Crippen LogP contribution in [0.2, 0.25) is 0 Å². The van der Waals surface area contributed by atoms with E-state index in [9.17, 15) is 0 Å². The average Bonchev–Trinajstić information content (AvgIpc) is 2.15. The van der Waals surface area contributed by atoms with Crippen LogP contribution in [0.4, 0.5) is 0 Å². The van der Waals surface area contributed by atoms with Gasteiger partial charge in [0.25, 0.3) is 0 Å². The fourth-order valence-electron chi connectivity index (χ4n) is 1.84. The lowest BCUT2D eigenvalue weighted by molar-refractivity contribution is 0.241. The predicted octanol–water partition coefficient (Wildman–Crippen LogP) is 1.49. The van der Waals surface area contributed by atoms with Crippen LogP contribution in [0.25, 0.3) is 0 Å². The molecule has 1 heterocycles. The third-order valence-electron chi connectivity index (χ3n) is 2.87. The summed E-state index contributed by atoms with van der Waals surface area (Å²) in [5, 5.41) is 10.5. The fourth-order valence-corrected chi connectivity index (χ4v) is 1.84. The van der Waals surface area contributed by atoms with Gasteiger partial charge in [-0.3, -0.25) is 4.99 Å². The van der Waals surface area contributed by atoms with Gasteiger partial charge >= 0.3 is 0 Å². The third-order valence-corrected chi connectivity index (χ3v) is 2.87. The van der Waals surface area contributed by atoms with Crippen molar-refractivity contribution in [3.63, 3.8) is 0 Å². The van der Waals surface area contributed by atoms with E-state index in [1.807, 2.05) is 0 Å². The Labute approximate surface area is 80.1 Å². The van der Waals surface area contributed by atoms with E-state index in [2.05, 4.69) is 17.2 Å². The minimum atomic E-state index is 0.359. The molecule has 0 spiro atoms. The number of hydrogen-bond donors (Lipinski definition) is 2. The van der Waals surface area contributed by atoms with Crippen molar-refractivity contribution >= 4 is 11.9 Å². The maximum absolute atomic E-state index is 7.19. The Morgan fingerprint density at radius 1 is 1.54 bits per heavy atom. The molecule has 74 valence electrons. The summed E-state index contributed by atoms with van der Waals surface area (Å²) in [6.45, 7) is 4.50. The maximum Gasteiger partial charge on any atom is 0.0525 e. The first kappa shape index (κ1) is 10.4. The Morgan fingerprint density at radius 2 is 2.15 bits per heavy atom. The largest absolute Gasteiger partial charge is 0.317 e. The summed E-state index contributed by atoms with van der Waals surface area (Å²) in [5.41, 5.74) is 1.28. The van der Waals surface area contributed by atoms with E-state index in [4.69, 9.17) is 5.41 Å². The number of aliphatic imine (C=N–C) groups is 1. The lowest BCUT2D eigenvalue weighted by Gasteiger charge is -2.33. The van der Waals surface area contributed by atoms with Crippen LogP contribution in [-0.4, -0.2) is 32.1 Å². The van der Waals surface area contributed by atoms with Crippen LogP contribution in [0.15, 0.2) is 4.99 Å². The fraction of sp³-hybridized carbons (Fsp3) is 0.800. The summed E-state index contributed by atoms with van der Waals surface area (Å²) in [7, 11) is 1.77. The highest BCUT2D eigenvalue weighted by atomic mass is 14.9. The molecule has 0 atom stereocenters. The first-order valence-corrected chi connectivity index (χ1v) is 4.87. The van der Waals surface area contributed by atoms with Gasteiger partial charge in [0.05, 0.1) is 5.71 Å². The highest BCUT2D eigenvalue weighted by molar-refractivity contribution is 6.29. The molecule has 0 aromatic heterocycles. The zero-order valence-corrected chi connectivity index (χ0v) is 8.56. The summed E-state index contributed by atoms with van der Waals surface area (Å²) in [4.78, 5) is 4.10. The lowest BCUT2D eigenvalue weighted by atomic mass is 9.77. The van der Waals surface area contributed by atoms with Crippen molar-refractivity contribution in [3.05, 3.63) is 0 Å². The maximum atomic E-state index is 7.19. The van der Waals surface area contributed by atoms with Crippen molar-refractivity contribution in [3.8, 4) is 0 Å². The molecular formula is C10H19N3. The molecule has 1 aliphatic rings. The van der Waals surface area contributed by atoms with Gasteiger partial charge in [-0.15, -0.1) is 0 Å². The molecule has 0 amide bonds. The SMILES string of the molecule is CN=C(C=N)CC1(C)CCNCC1. The normalized spacial score (nSPS) is 22.8. The third kappa shape index (κ3) is 2.92. The van der Waals surface area contributed by atoms with E-state index in [1.54, 1.807) is 7.05 Å². The van der Waals surface area contributed by atoms with E-state index < -0.39 is 0 Å². The summed E-state index contributed by atoms with van der Waals surface area (Å²) < 4.78 is 0. The highest BCUT2D eigenvalue weighted by Gasteiger charge is 2.27. The summed E-state index contributed by atoms with van der Waals surface area (Å²) in [6.07, 6.45) is 4.72. The minimum absolute atomic E-state index is 0.359. The van der Waals surface area contributed by atoms with Crippen molar-refractivity contribution in [2.75, 3.05) is 20.1 Å². The Balaban J connectivity index is 2.54. The van der Waals surface area contributed by atoms with Crippen molar-refractivity contribution in [2.45, 2.75) is 26.2 Å². The standard InChI is InChI=1S/C10H19N3/c1-10(3-5-13-6-4-10)7-9(8-11)12-2/h8,11,13H,3-7H2,1-2H3. The van der Waals surface area contributed by atoms with Gasteiger partial charge in [-0.2, -0.15) is 0 Å². The summed E-state index contributed by atoms with van der Waals surface area (Å²) in [5.74, 6) is 0. The van der Waals surface area contributed by atoms with Crippen molar-refractivity contribution in [1.82, 2.24) is 5.32 Å². The molecule has 13 heavy (non-hydrogen) atoms. The molecule has 1 fully saturated rings.